The number of pyridine rings is 1. The maximum absolute atomic E-state index is 5.64. The van der Waals surface area contributed by atoms with E-state index in [1.54, 1.807) is 12.5 Å². The summed E-state index contributed by atoms with van der Waals surface area (Å²) in [6.45, 7) is 15.6. The molecule has 2 N–H and O–H groups in total. The van der Waals surface area contributed by atoms with Gasteiger partial charge in [-0.15, -0.1) is 0 Å². The van der Waals surface area contributed by atoms with Crippen LogP contribution in [0.2, 0.25) is 0 Å². The molecule has 176 valence electrons. The summed E-state index contributed by atoms with van der Waals surface area (Å²) in [5, 5.41) is 6.67. The molecule has 1 aromatic carbocycles. The minimum absolute atomic E-state index is 0.258. The van der Waals surface area contributed by atoms with E-state index in [0.29, 0.717) is 5.82 Å². The second-order valence-corrected chi connectivity index (χ2v) is 8.67. The Hall–Kier alpha value is -2.45. The highest BCUT2D eigenvalue weighted by atomic mass is 32.1. The van der Waals surface area contributed by atoms with Gasteiger partial charge < -0.3 is 25.0 Å². The Morgan fingerprint density at radius 2 is 1.88 bits per heavy atom. The number of ether oxygens (including phenoxy) is 2. The van der Waals surface area contributed by atoms with Gasteiger partial charge in [0.2, 0.25) is 6.79 Å². The molecule has 0 fully saturated rings. The van der Waals surface area contributed by atoms with E-state index in [-0.39, 0.29) is 12.2 Å². The SMILES string of the molecule is C=Nc1c(N(CCCNCC(C)(C)C)c2cc3c(cc2C)OCO3)ccnc1NC.CS. The number of nitrogens with one attached hydrogen (secondary N) is 2. The highest BCUT2D eigenvalue weighted by Gasteiger charge is 2.22. The molecule has 2 heterocycles. The number of anilines is 3. The molecule has 0 saturated carbocycles. The average Bonchev–Trinajstić information content (AvgIpc) is 3.23. The van der Waals surface area contributed by atoms with Crippen LogP contribution in [0.5, 0.6) is 11.5 Å². The third kappa shape index (κ3) is 6.53. The maximum Gasteiger partial charge on any atom is 0.231 e. The summed E-state index contributed by atoms with van der Waals surface area (Å²) in [7, 11) is 1.84. The monoisotopic (exact) mass is 459 g/mol. The van der Waals surface area contributed by atoms with Crippen LogP contribution in [0, 0.1) is 12.3 Å². The zero-order valence-corrected chi connectivity index (χ0v) is 21.1. The van der Waals surface area contributed by atoms with Crippen LogP contribution in [0.25, 0.3) is 0 Å². The molecule has 7 nitrogen and oxygen atoms in total. The summed E-state index contributed by atoms with van der Waals surface area (Å²) in [6, 6.07) is 6.06. The number of aryl methyl sites for hydroxylation is 1. The highest BCUT2D eigenvalue weighted by molar-refractivity contribution is 7.79. The third-order valence-corrected chi connectivity index (χ3v) is 4.96. The first-order chi connectivity index (χ1) is 15.3. The molecule has 8 heteroatoms. The van der Waals surface area contributed by atoms with Crippen molar-refractivity contribution in [2.75, 3.05) is 49.9 Å². The topological polar surface area (TPSA) is 71.0 Å². The van der Waals surface area contributed by atoms with Crippen LogP contribution in [0.1, 0.15) is 32.8 Å². The number of aliphatic imine (C=N–C) groups is 1. The van der Waals surface area contributed by atoms with Gasteiger partial charge in [0.1, 0.15) is 5.69 Å². The van der Waals surface area contributed by atoms with E-state index in [1.807, 2.05) is 25.2 Å². The van der Waals surface area contributed by atoms with Crippen molar-refractivity contribution in [1.29, 1.82) is 0 Å². The van der Waals surface area contributed by atoms with Crippen molar-refractivity contribution in [2.24, 2.45) is 10.4 Å². The molecule has 0 atom stereocenters. The summed E-state index contributed by atoms with van der Waals surface area (Å²) in [4.78, 5) is 10.9. The van der Waals surface area contributed by atoms with E-state index in [0.717, 1.165) is 60.2 Å². The van der Waals surface area contributed by atoms with Crippen LogP contribution < -0.4 is 25.0 Å². The molecule has 0 radical (unpaired) electrons. The Morgan fingerprint density at radius 1 is 1.19 bits per heavy atom. The zero-order chi connectivity index (χ0) is 23.7. The second kappa shape index (κ2) is 12.0. The Morgan fingerprint density at radius 3 is 2.50 bits per heavy atom. The molecule has 0 amide bonds. The summed E-state index contributed by atoms with van der Waals surface area (Å²) in [6.07, 6.45) is 4.46. The molecule has 0 aliphatic carbocycles. The van der Waals surface area contributed by atoms with E-state index in [4.69, 9.17) is 9.47 Å². The first-order valence-electron chi connectivity index (χ1n) is 10.8. The smallest absolute Gasteiger partial charge is 0.231 e. The summed E-state index contributed by atoms with van der Waals surface area (Å²) in [5.74, 6) is 2.26. The second-order valence-electron chi connectivity index (χ2n) is 8.67. The number of thiol groups is 1. The molecule has 0 bridgehead atoms. The fraction of sp³-hybridized carbons (Fsp3) is 0.500. The van der Waals surface area contributed by atoms with Crippen molar-refractivity contribution >= 4 is 42.2 Å². The maximum atomic E-state index is 5.64. The van der Waals surface area contributed by atoms with E-state index in [9.17, 15) is 0 Å². The lowest BCUT2D eigenvalue weighted by atomic mass is 9.97. The summed E-state index contributed by atoms with van der Waals surface area (Å²) < 4.78 is 11.2. The quantitative estimate of drug-likeness (QED) is 0.272. The van der Waals surface area contributed by atoms with E-state index >= 15 is 0 Å². The number of fused-ring (bicyclic) bond motifs is 1. The van der Waals surface area contributed by atoms with Crippen molar-refractivity contribution in [2.45, 2.75) is 34.1 Å². The normalized spacial score (nSPS) is 12.1. The molecule has 0 saturated heterocycles. The Kier molecular flexibility index (Phi) is 9.65. The van der Waals surface area contributed by atoms with Crippen molar-refractivity contribution in [3.63, 3.8) is 0 Å². The first kappa shape index (κ1) is 25.8. The third-order valence-electron chi connectivity index (χ3n) is 4.96. The molecule has 0 spiro atoms. The largest absolute Gasteiger partial charge is 0.454 e. The van der Waals surface area contributed by atoms with Gasteiger partial charge in [0.25, 0.3) is 0 Å². The minimum atomic E-state index is 0.258. The van der Waals surface area contributed by atoms with E-state index in [1.165, 1.54) is 0 Å². The van der Waals surface area contributed by atoms with Crippen molar-refractivity contribution in [3.8, 4) is 11.5 Å². The van der Waals surface area contributed by atoms with E-state index < -0.39 is 0 Å². The van der Waals surface area contributed by atoms with Gasteiger partial charge in [-0.25, -0.2) is 4.98 Å². The van der Waals surface area contributed by atoms with Gasteiger partial charge in [0.05, 0.1) is 5.69 Å². The predicted octanol–water partition coefficient (Wildman–Crippen LogP) is 5.20. The summed E-state index contributed by atoms with van der Waals surface area (Å²) in [5.41, 5.74) is 4.13. The lowest BCUT2D eigenvalue weighted by Gasteiger charge is -2.29. The van der Waals surface area contributed by atoms with Gasteiger partial charge >= 0.3 is 0 Å². The van der Waals surface area contributed by atoms with E-state index in [2.05, 4.69) is 72.6 Å². The zero-order valence-electron chi connectivity index (χ0n) is 20.2. The molecular formula is C24H37N5O2S. The van der Waals surface area contributed by atoms with Crippen LogP contribution >= 0.6 is 12.6 Å². The lowest BCUT2D eigenvalue weighted by molar-refractivity contribution is 0.174. The van der Waals surface area contributed by atoms with Gasteiger partial charge in [-0.05, 0) is 62.5 Å². The van der Waals surface area contributed by atoms with Crippen LogP contribution in [0.15, 0.2) is 29.4 Å². The van der Waals surface area contributed by atoms with Crippen molar-refractivity contribution < 1.29 is 9.47 Å². The fourth-order valence-electron chi connectivity index (χ4n) is 3.52. The molecule has 0 unspecified atom stereocenters. The summed E-state index contributed by atoms with van der Waals surface area (Å²) >= 11 is 3.53. The molecule has 1 aliphatic rings. The molecular weight excluding hydrogens is 422 g/mol. The van der Waals surface area contributed by atoms with Crippen LogP contribution in [-0.4, -0.2) is 51.4 Å². The Bertz CT molecular complexity index is 899. The standard InChI is InChI=1S/C23H33N5O2.CH4S/c1-16-12-19-20(30-15-29-19)13-18(16)28(11-7-9-26-14-23(2,3)4)17-8-10-27-22(25-6)21(17)24-5;1-2/h8,10,12-13,26H,5,7,9,11,14-15H2,1-4,6H3,(H,25,27);2H,1H3. The average molecular weight is 460 g/mol. The number of hydrogen-bond acceptors (Lipinski definition) is 8. The van der Waals surface area contributed by atoms with Crippen molar-refractivity contribution in [3.05, 3.63) is 30.0 Å². The predicted molar refractivity (Wildman–Crippen MR) is 139 cm³/mol. The molecule has 1 aromatic heterocycles. The highest BCUT2D eigenvalue weighted by Crippen LogP contribution is 2.43. The Balaban J connectivity index is 0.00000176. The molecule has 3 rings (SSSR count). The number of rotatable bonds is 9. The van der Waals surface area contributed by atoms with Gasteiger partial charge in [-0.2, -0.15) is 12.6 Å². The molecule has 2 aromatic rings. The number of hydrogen-bond donors (Lipinski definition) is 3. The van der Waals surface area contributed by atoms with Gasteiger partial charge in [-0.1, -0.05) is 20.8 Å². The Labute approximate surface area is 198 Å². The lowest BCUT2D eigenvalue weighted by Crippen LogP contribution is -2.30. The van der Waals surface area contributed by atoms with Gasteiger partial charge in [-0.3, -0.25) is 4.99 Å². The molecule has 32 heavy (non-hydrogen) atoms. The molecule has 1 aliphatic heterocycles. The van der Waals surface area contributed by atoms with Crippen LogP contribution in [0.4, 0.5) is 22.9 Å². The first-order valence-corrected chi connectivity index (χ1v) is 11.7. The van der Waals surface area contributed by atoms with Crippen LogP contribution in [-0.2, 0) is 0 Å². The minimum Gasteiger partial charge on any atom is -0.454 e. The van der Waals surface area contributed by atoms with Gasteiger partial charge in [0.15, 0.2) is 17.3 Å². The number of nitrogens with zero attached hydrogens (tertiary/aromatic N) is 3. The fourth-order valence-corrected chi connectivity index (χ4v) is 3.52. The number of benzene rings is 1. The van der Waals surface area contributed by atoms with Crippen LogP contribution in [0.3, 0.4) is 0 Å². The van der Waals surface area contributed by atoms with Crippen molar-refractivity contribution in [1.82, 2.24) is 10.3 Å². The van der Waals surface area contributed by atoms with Gasteiger partial charge in [0, 0.05) is 31.5 Å². The number of aromatic nitrogens is 1.